The molecule has 3 rings (SSSR count). The van der Waals surface area contributed by atoms with Gasteiger partial charge >= 0.3 is 0 Å². The average Bonchev–Trinajstić information content (AvgIpc) is 3.12. The standard InChI is InChI=1S/C20H19FN2O3/c21-18-12-14(3-6-20(24)23-25)1-4-17(18)13-22-9-7-15-2-5-19-16(11-15)8-10-26-19/h1-6,8,10-12,22,25H,7,9,13H2,(H,23,24)/b6-3+. The van der Waals surface area contributed by atoms with Crippen LogP contribution in [-0.2, 0) is 17.8 Å². The molecule has 6 heteroatoms. The highest BCUT2D eigenvalue weighted by Crippen LogP contribution is 2.17. The summed E-state index contributed by atoms with van der Waals surface area (Å²) in [5.41, 5.74) is 4.64. The first-order valence-electron chi connectivity index (χ1n) is 8.23. The van der Waals surface area contributed by atoms with Crippen LogP contribution in [0.4, 0.5) is 4.39 Å². The van der Waals surface area contributed by atoms with E-state index in [9.17, 15) is 9.18 Å². The molecule has 0 unspecified atom stereocenters. The van der Waals surface area contributed by atoms with Crippen molar-refractivity contribution in [3.63, 3.8) is 0 Å². The largest absolute Gasteiger partial charge is 0.464 e. The number of rotatable bonds is 7. The first-order chi connectivity index (χ1) is 12.7. The number of hydrogen-bond acceptors (Lipinski definition) is 4. The number of fused-ring (bicyclic) bond motifs is 1. The van der Waals surface area contributed by atoms with Crippen LogP contribution in [0.15, 0.2) is 59.2 Å². The molecule has 0 aliphatic carbocycles. The third-order valence-corrected chi connectivity index (χ3v) is 4.04. The summed E-state index contributed by atoms with van der Waals surface area (Å²) < 4.78 is 19.4. The molecule has 1 aromatic heterocycles. The SMILES string of the molecule is O=C(/C=C/c1ccc(CNCCc2ccc3occc3c2)c(F)c1)NO. The normalized spacial score (nSPS) is 11.3. The van der Waals surface area contributed by atoms with Gasteiger partial charge in [-0.3, -0.25) is 10.0 Å². The maximum Gasteiger partial charge on any atom is 0.267 e. The Kier molecular flexibility index (Phi) is 5.78. The molecular formula is C20H19FN2O3. The Hall–Kier alpha value is -2.96. The summed E-state index contributed by atoms with van der Waals surface area (Å²) in [5, 5.41) is 12.7. The molecule has 3 aromatic rings. The van der Waals surface area contributed by atoms with Crippen molar-refractivity contribution in [2.45, 2.75) is 13.0 Å². The van der Waals surface area contributed by atoms with E-state index in [0.29, 0.717) is 17.7 Å². The smallest absolute Gasteiger partial charge is 0.267 e. The van der Waals surface area contributed by atoms with Gasteiger partial charge in [-0.05, 0) is 54.4 Å². The van der Waals surface area contributed by atoms with Crippen LogP contribution in [0.25, 0.3) is 17.0 Å². The summed E-state index contributed by atoms with van der Waals surface area (Å²) in [6.45, 7) is 1.14. The van der Waals surface area contributed by atoms with Crippen molar-refractivity contribution in [1.82, 2.24) is 10.8 Å². The van der Waals surface area contributed by atoms with Crippen LogP contribution in [0.2, 0.25) is 0 Å². The van der Waals surface area contributed by atoms with Gasteiger partial charge in [0.2, 0.25) is 0 Å². The van der Waals surface area contributed by atoms with Crippen LogP contribution in [0, 0.1) is 5.82 Å². The summed E-state index contributed by atoms with van der Waals surface area (Å²) in [6, 6.07) is 12.7. The van der Waals surface area contributed by atoms with Crippen molar-refractivity contribution in [3.05, 3.63) is 77.3 Å². The third kappa shape index (κ3) is 4.56. The summed E-state index contributed by atoms with van der Waals surface area (Å²) in [4.78, 5) is 10.9. The Labute approximate surface area is 150 Å². The van der Waals surface area contributed by atoms with Gasteiger partial charge in [0.1, 0.15) is 11.4 Å². The molecule has 0 spiro atoms. The van der Waals surface area contributed by atoms with Crippen LogP contribution in [-0.4, -0.2) is 17.7 Å². The van der Waals surface area contributed by atoms with E-state index in [0.717, 1.165) is 30.0 Å². The molecule has 0 radical (unpaired) electrons. The molecule has 2 aromatic carbocycles. The van der Waals surface area contributed by atoms with E-state index < -0.39 is 5.91 Å². The van der Waals surface area contributed by atoms with Gasteiger partial charge in [-0.1, -0.05) is 18.2 Å². The maximum atomic E-state index is 14.1. The summed E-state index contributed by atoms with van der Waals surface area (Å²) in [7, 11) is 0. The molecule has 0 saturated carbocycles. The molecular weight excluding hydrogens is 335 g/mol. The minimum Gasteiger partial charge on any atom is -0.464 e. The number of carbonyl (C=O) groups excluding carboxylic acids is 1. The number of furan rings is 1. The van der Waals surface area contributed by atoms with Crippen molar-refractivity contribution in [2.24, 2.45) is 0 Å². The second kappa shape index (κ2) is 8.42. The van der Waals surface area contributed by atoms with Crippen LogP contribution >= 0.6 is 0 Å². The van der Waals surface area contributed by atoms with E-state index in [-0.39, 0.29) is 5.82 Å². The molecule has 134 valence electrons. The second-order valence-corrected chi connectivity index (χ2v) is 5.88. The van der Waals surface area contributed by atoms with E-state index in [2.05, 4.69) is 11.4 Å². The van der Waals surface area contributed by atoms with Crippen molar-refractivity contribution < 1.29 is 18.8 Å². The maximum absolute atomic E-state index is 14.1. The number of carbonyl (C=O) groups is 1. The molecule has 0 bridgehead atoms. The fourth-order valence-corrected chi connectivity index (χ4v) is 2.65. The Morgan fingerprint density at radius 3 is 2.88 bits per heavy atom. The minimum atomic E-state index is -0.662. The van der Waals surface area contributed by atoms with Gasteiger partial charge < -0.3 is 9.73 Å². The summed E-state index contributed by atoms with van der Waals surface area (Å²) >= 11 is 0. The van der Waals surface area contributed by atoms with E-state index >= 15 is 0 Å². The molecule has 5 nitrogen and oxygen atoms in total. The van der Waals surface area contributed by atoms with Crippen molar-refractivity contribution in [3.8, 4) is 0 Å². The molecule has 26 heavy (non-hydrogen) atoms. The van der Waals surface area contributed by atoms with E-state index in [4.69, 9.17) is 9.62 Å². The second-order valence-electron chi connectivity index (χ2n) is 5.88. The number of benzene rings is 2. The van der Waals surface area contributed by atoms with Crippen LogP contribution < -0.4 is 10.8 Å². The van der Waals surface area contributed by atoms with Gasteiger partial charge in [0, 0.05) is 23.6 Å². The lowest BCUT2D eigenvalue weighted by molar-refractivity contribution is -0.124. The van der Waals surface area contributed by atoms with Gasteiger partial charge in [0.05, 0.1) is 6.26 Å². The van der Waals surface area contributed by atoms with Crippen molar-refractivity contribution >= 4 is 23.0 Å². The van der Waals surface area contributed by atoms with E-state index in [1.165, 1.54) is 23.2 Å². The Morgan fingerprint density at radius 1 is 1.19 bits per heavy atom. The van der Waals surface area contributed by atoms with Gasteiger partial charge in [-0.2, -0.15) is 0 Å². The number of hydrogen-bond donors (Lipinski definition) is 3. The quantitative estimate of drug-likeness (QED) is 0.263. The van der Waals surface area contributed by atoms with E-state index in [1.54, 1.807) is 18.4 Å². The Bertz CT molecular complexity index is 934. The van der Waals surface area contributed by atoms with Crippen molar-refractivity contribution in [2.75, 3.05) is 6.54 Å². The van der Waals surface area contributed by atoms with E-state index in [1.807, 2.05) is 18.2 Å². The lowest BCUT2D eigenvalue weighted by Gasteiger charge is -2.07. The Morgan fingerprint density at radius 2 is 2.08 bits per heavy atom. The lowest BCUT2D eigenvalue weighted by atomic mass is 10.1. The molecule has 3 N–H and O–H groups in total. The van der Waals surface area contributed by atoms with Gasteiger partial charge in [-0.25, -0.2) is 9.87 Å². The van der Waals surface area contributed by atoms with Crippen LogP contribution in [0.5, 0.6) is 0 Å². The highest BCUT2D eigenvalue weighted by molar-refractivity contribution is 5.90. The average molecular weight is 354 g/mol. The number of halogens is 1. The Balaban J connectivity index is 1.51. The topological polar surface area (TPSA) is 74.5 Å². The first-order valence-corrected chi connectivity index (χ1v) is 8.23. The molecule has 0 atom stereocenters. The zero-order chi connectivity index (χ0) is 18.4. The van der Waals surface area contributed by atoms with Gasteiger partial charge in [0.25, 0.3) is 5.91 Å². The predicted octanol–water partition coefficient (Wildman–Crippen LogP) is 3.42. The van der Waals surface area contributed by atoms with Crippen LogP contribution in [0.1, 0.15) is 16.7 Å². The fourth-order valence-electron chi connectivity index (χ4n) is 2.65. The zero-order valence-corrected chi connectivity index (χ0v) is 14.0. The minimum absolute atomic E-state index is 0.344. The van der Waals surface area contributed by atoms with Gasteiger partial charge in [-0.15, -0.1) is 0 Å². The fraction of sp³-hybridized carbons (Fsp3) is 0.150. The monoisotopic (exact) mass is 354 g/mol. The summed E-state index contributed by atoms with van der Waals surface area (Å²) in [5.74, 6) is -1.01. The van der Waals surface area contributed by atoms with Gasteiger partial charge in [0.15, 0.2) is 0 Å². The molecule has 0 aliphatic heterocycles. The number of nitrogens with one attached hydrogen (secondary N) is 2. The highest BCUT2D eigenvalue weighted by atomic mass is 19.1. The number of hydroxylamine groups is 1. The summed E-state index contributed by atoms with van der Waals surface area (Å²) in [6.07, 6.45) is 5.06. The lowest BCUT2D eigenvalue weighted by Crippen LogP contribution is -2.17. The highest BCUT2D eigenvalue weighted by Gasteiger charge is 2.04. The first kappa shape index (κ1) is 17.8. The molecule has 1 amide bonds. The van der Waals surface area contributed by atoms with Crippen molar-refractivity contribution in [1.29, 1.82) is 0 Å². The molecule has 1 heterocycles. The molecule has 0 saturated heterocycles. The van der Waals surface area contributed by atoms with Crippen LogP contribution in [0.3, 0.4) is 0 Å². The third-order valence-electron chi connectivity index (χ3n) is 4.04. The molecule has 0 fully saturated rings. The zero-order valence-electron chi connectivity index (χ0n) is 14.0. The predicted molar refractivity (Wildman–Crippen MR) is 97.0 cm³/mol. The number of amides is 1. The molecule has 0 aliphatic rings.